The number of hydrogen-bond acceptors (Lipinski definition) is 2. The monoisotopic (exact) mass is 445 g/mol. The van der Waals surface area contributed by atoms with Crippen LogP contribution in [0.2, 0.25) is 0 Å². The van der Waals surface area contributed by atoms with E-state index in [1.165, 1.54) is 38.1 Å². The number of pyridine rings is 1. The Balaban J connectivity index is 1.70. The number of ether oxygens (including phenoxy) is 1. The molecule has 0 unspecified atom stereocenters. The predicted molar refractivity (Wildman–Crippen MR) is 144 cm³/mol. The molecule has 6 rings (SSSR count). The topological polar surface area (TPSA) is 22.1 Å². The van der Waals surface area contributed by atoms with E-state index in [1.54, 1.807) is 0 Å². The molecule has 0 saturated heterocycles. The van der Waals surface area contributed by atoms with E-state index in [1.807, 2.05) is 6.20 Å². The highest BCUT2D eigenvalue weighted by molar-refractivity contribution is 6.17. The molecule has 0 saturated carbocycles. The molecule has 0 atom stereocenters. The number of benzene rings is 4. The van der Waals surface area contributed by atoms with E-state index in [0.29, 0.717) is 5.92 Å². The smallest absolute Gasteiger partial charge is 0.140 e. The summed E-state index contributed by atoms with van der Waals surface area (Å²) in [6.45, 7) is 11.4. The Hall–Kier alpha value is -3.39. The molecule has 0 amide bonds. The fourth-order valence-corrected chi connectivity index (χ4v) is 5.57. The summed E-state index contributed by atoms with van der Waals surface area (Å²) in [5.41, 5.74) is 4.93. The Morgan fingerprint density at radius 2 is 1.65 bits per heavy atom. The summed E-state index contributed by atoms with van der Waals surface area (Å²) in [7, 11) is 0. The fourth-order valence-electron chi connectivity index (χ4n) is 5.57. The quantitative estimate of drug-likeness (QED) is 0.253. The molecule has 5 aromatic rings. The first-order valence-corrected chi connectivity index (χ1v) is 12.4. The maximum atomic E-state index is 6.86. The maximum Gasteiger partial charge on any atom is 0.140 e. The van der Waals surface area contributed by atoms with E-state index in [2.05, 4.69) is 95.3 Å². The van der Waals surface area contributed by atoms with E-state index >= 15 is 0 Å². The lowest BCUT2D eigenvalue weighted by molar-refractivity contribution is 0.400. The van der Waals surface area contributed by atoms with Crippen molar-refractivity contribution in [3.05, 3.63) is 78.0 Å². The van der Waals surface area contributed by atoms with Gasteiger partial charge < -0.3 is 4.74 Å². The van der Waals surface area contributed by atoms with E-state index in [-0.39, 0.29) is 5.41 Å². The van der Waals surface area contributed by atoms with Gasteiger partial charge in [-0.3, -0.25) is 4.98 Å². The Morgan fingerprint density at radius 1 is 0.853 bits per heavy atom. The van der Waals surface area contributed by atoms with Gasteiger partial charge in [0.15, 0.2) is 0 Å². The van der Waals surface area contributed by atoms with E-state index < -0.39 is 0 Å². The summed E-state index contributed by atoms with van der Waals surface area (Å²) >= 11 is 0. The highest BCUT2D eigenvalue weighted by Gasteiger charge is 2.28. The lowest BCUT2D eigenvalue weighted by Gasteiger charge is -2.28. The molecule has 1 aliphatic rings. The lowest BCUT2D eigenvalue weighted by Crippen LogP contribution is -2.12. The first-order chi connectivity index (χ1) is 16.3. The summed E-state index contributed by atoms with van der Waals surface area (Å²) in [6.07, 6.45) is 3.95. The van der Waals surface area contributed by atoms with Gasteiger partial charge in [0.1, 0.15) is 11.5 Å². The maximum absolute atomic E-state index is 6.86. The third kappa shape index (κ3) is 3.36. The highest BCUT2D eigenvalue weighted by Crippen LogP contribution is 2.51. The highest BCUT2D eigenvalue weighted by atomic mass is 16.5. The summed E-state index contributed by atoms with van der Waals surface area (Å²) in [4.78, 5) is 4.92. The van der Waals surface area contributed by atoms with Crippen LogP contribution in [0.3, 0.4) is 0 Å². The molecule has 2 heteroatoms. The van der Waals surface area contributed by atoms with E-state index in [0.717, 1.165) is 41.0 Å². The first-order valence-electron chi connectivity index (χ1n) is 12.4. The molecule has 0 aliphatic carbocycles. The number of nitrogens with zero attached hydrogens (tertiary/aromatic N) is 1. The molecule has 0 radical (unpaired) electrons. The Morgan fingerprint density at radius 3 is 2.44 bits per heavy atom. The molecule has 0 bridgehead atoms. The van der Waals surface area contributed by atoms with Gasteiger partial charge in [0.25, 0.3) is 0 Å². The van der Waals surface area contributed by atoms with Gasteiger partial charge in [-0.05, 0) is 74.9 Å². The average Bonchev–Trinajstić information content (AvgIpc) is 2.79. The molecule has 0 N–H and O–H groups in total. The molecule has 4 aromatic carbocycles. The Bertz CT molecular complexity index is 1590. The van der Waals surface area contributed by atoms with Gasteiger partial charge in [0.2, 0.25) is 0 Å². The summed E-state index contributed by atoms with van der Waals surface area (Å²) in [6, 6.07) is 22.0. The second kappa shape index (κ2) is 7.56. The van der Waals surface area contributed by atoms with Gasteiger partial charge in [-0.2, -0.15) is 0 Å². The van der Waals surface area contributed by atoms with Crippen LogP contribution >= 0.6 is 0 Å². The minimum absolute atomic E-state index is 0.134. The van der Waals surface area contributed by atoms with E-state index in [4.69, 9.17) is 9.72 Å². The van der Waals surface area contributed by atoms with Gasteiger partial charge in [0.05, 0.1) is 11.1 Å². The van der Waals surface area contributed by atoms with Gasteiger partial charge in [0, 0.05) is 17.3 Å². The number of rotatable bonds is 3. The van der Waals surface area contributed by atoms with Crippen LogP contribution < -0.4 is 4.74 Å². The summed E-state index contributed by atoms with van der Waals surface area (Å²) in [5, 5.41) is 7.43. The molecule has 0 spiro atoms. The van der Waals surface area contributed by atoms with Crippen molar-refractivity contribution in [2.24, 2.45) is 11.3 Å². The molecule has 1 aliphatic heterocycles. The summed E-state index contributed by atoms with van der Waals surface area (Å²) < 4.78 is 6.86. The van der Waals surface area contributed by atoms with Gasteiger partial charge in [-0.15, -0.1) is 0 Å². The van der Waals surface area contributed by atoms with Crippen LogP contribution in [0.25, 0.3) is 43.6 Å². The lowest BCUT2D eigenvalue weighted by atomic mass is 9.83. The molecule has 34 heavy (non-hydrogen) atoms. The third-order valence-electron chi connectivity index (χ3n) is 6.87. The van der Waals surface area contributed by atoms with Gasteiger partial charge in [-0.25, -0.2) is 0 Å². The van der Waals surface area contributed by atoms with Crippen molar-refractivity contribution in [1.82, 2.24) is 4.98 Å². The second-order valence-electron chi connectivity index (χ2n) is 11.4. The number of aromatic nitrogens is 1. The third-order valence-corrected chi connectivity index (χ3v) is 6.87. The molecule has 1 aromatic heterocycles. The fraction of sp³-hybridized carbons (Fsp3) is 0.281. The number of hydrogen-bond donors (Lipinski definition) is 0. The average molecular weight is 446 g/mol. The van der Waals surface area contributed by atoms with Crippen molar-refractivity contribution in [2.75, 3.05) is 0 Å². The van der Waals surface area contributed by atoms with Crippen LogP contribution in [-0.4, -0.2) is 4.98 Å². The van der Waals surface area contributed by atoms with Crippen LogP contribution in [0.4, 0.5) is 0 Å². The molecule has 0 fully saturated rings. The van der Waals surface area contributed by atoms with Crippen LogP contribution in [0.15, 0.2) is 66.9 Å². The van der Waals surface area contributed by atoms with Crippen molar-refractivity contribution in [3.63, 3.8) is 0 Å². The van der Waals surface area contributed by atoms with Crippen molar-refractivity contribution in [1.29, 1.82) is 0 Å². The number of fused-ring (bicyclic) bond motifs is 5. The Labute approximate surface area is 201 Å². The minimum Gasteiger partial charge on any atom is -0.456 e. The largest absolute Gasteiger partial charge is 0.456 e. The van der Waals surface area contributed by atoms with E-state index in [9.17, 15) is 0 Å². The molecular weight excluding hydrogens is 414 g/mol. The zero-order valence-electron chi connectivity index (χ0n) is 20.7. The minimum atomic E-state index is 0.134. The second-order valence-corrected chi connectivity index (χ2v) is 11.4. The van der Waals surface area contributed by atoms with Crippen LogP contribution in [0, 0.1) is 11.3 Å². The summed E-state index contributed by atoms with van der Waals surface area (Å²) in [5.74, 6) is 2.50. The van der Waals surface area contributed by atoms with Crippen LogP contribution in [0.1, 0.15) is 45.7 Å². The standard InChI is InChI=1S/C32H31NO/c1-19(2)15-20-10-8-12-23-24-13-14-33-30-26-16-21-9-6-7-11-22(21)27(18-32(3,4)5)31(26)34-28(29(24)30)17-25(20)23/h6-14,16-17,19H,15,18H2,1-5H3. The SMILES string of the molecule is CC(C)Cc1cccc2c1cc1c3c(nccc32)-c2cc3ccccc3c(CC(C)(C)C)c2O1. The zero-order chi connectivity index (χ0) is 23.6. The van der Waals surface area contributed by atoms with Gasteiger partial charge in [-0.1, -0.05) is 77.1 Å². The Kier molecular flexibility index (Phi) is 4.71. The van der Waals surface area contributed by atoms with Crippen molar-refractivity contribution in [3.8, 4) is 22.8 Å². The molecule has 170 valence electrons. The molecule has 2 nitrogen and oxygen atoms in total. The normalized spacial score (nSPS) is 13.0. The van der Waals surface area contributed by atoms with Crippen molar-refractivity contribution in [2.45, 2.75) is 47.5 Å². The van der Waals surface area contributed by atoms with Gasteiger partial charge >= 0.3 is 0 Å². The molecule has 2 heterocycles. The zero-order valence-corrected chi connectivity index (χ0v) is 20.7. The predicted octanol–water partition coefficient (Wildman–Crippen LogP) is 9.10. The van der Waals surface area contributed by atoms with Crippen LogP contribution in [-0.2, 0) is 12.8 Å². The first kappa shape index (κ1) is 21.2. The van der Waals surface area contributed by atoms with Crippen molar-refractivity contribution >= 4 is 32.3 Å². The van der Waals surface area contributed by atoms with Crippen molar-refractivity contribution < 1.29 is 4.74 Å². The van der Waals surface area contributed by atoms with Crippen LogP contribution in [0.5, 0.6) is 11.5 Å². The molecular formula is C32H31NO.